The van der Waals surface area contributed by atoms with E-state index in [4.69, 9.17) is 4.42 Å². The van der Waals surface area contributed by atoms with Crippen LogP contribution in [-0.2, 0) is 19.3 Å². The van der Waals surface area contributed by atoms with Crippen LogP contribution in [-0.4, -0.2) is 180 Å². The predicted octanol–water partition coefficient (Wildman–Crippen LogP) is 10.3. The fraction of sp³-hybridized carbons (Fsp3) is 0.485. The number of aromatic amines is 4. The first-order valence-electron chi connectivity index (χ1n) is 30.6. The molecule has 0 bridgehead atoms. The standard InChI is InChI=1S/C22H30N6O.C22H29N5O2.C22H29N5OS/c1-15(11-16-13-23-18-8-6-5-7-17(16)18)12-19(29)20-24-21(26-25-20)28-10-9-27(4)22(2,3)14-28;1-15(11-16-12-23-18-8-6-5-7-17(16)18)25-20(28)19-13-24-21(29-19)27-10-9-26(4)22(2,3)14-27;1-15(11-16-13-23-18-8-6-5-7-17(16)18)12-19(28)20-24-25-21(29-20)27-10-9-26(4)22(2,3)14-27/h5-8,13,15,23H,9-12,14H2,1-4H3,(H,24,25,26);5-8,12-13,15,23H,9-11,14H2,1-4H3,(H,25,28);5-8,13,15,23H,9-12,14H2,1-4H3. The maximum absolute atomic E-state index is 12.8. The van der Waals surface area contributed by atoms with E-state index in [0.29, 0.717) is 35.6 Å². The third kappa shape index (κ3) is 14.8. The van der Waals surface area contributed by atoms with Gasteiger partial charge in [-0.1, -0.05) is 79.8 Å². The molecule has 462 valence electrons. The van der Waals surface area contributed by atoms with E-state index in [9.17, 15) is 14.4 Å². The van der Waals surface area contributed by atoms with Gasteiger partial charge in [0.2, 0.25) is 16.8 Å². The molecule has 3 unspecified atom stereocenters. The highest BCUT2D eigenvalue weighted by Crippen LogP contribution is 2.31. The van der Waals surface area contributed by atoms with Gasteiger partial charge in [0.15, 0.2) is 22.4 Å². The summed E-state index contributed by atoms with van der Waals surface area (Å²) in [4.78, 5) is 70.5. The summed E-state index contributed by atoms with van der Waals surface area (Å²) in [6.45, 7) is 27.5. The maximum Gasteiger partial charge on any atom is 0.298 e. The molecule has 12 rings (SSSR count). The first kappa shape index (κ1) is 62.3. The van der Waals surface area contributed by atoms with Crippen molar-refractivity contribution in [2.75, 3.05) is 94.7 Å². The Morgan fingerprint density at radius 2 is 1.06 bits per heavy atom. The molecule has 0 radical (unpaired) electrons. The molecule has 5 N–H and O–H groups in total. The monoisotopic (exact) mass is 1200 g/mol. The van der Waals surface area contributed by atoms with Crippen LogP contribution in [0.2, 0.25) is 0 Å². The number of Topliss-reactive ketones (excluding diaryl/α,β-unsaturated/α-hetero) is 2. The summed E-state index contributed by atoms with van der Waals surface area (Å²) in [6.07, 6.45) is 11.0. The van der Waals surface area contributed by atoms with E-state index >= 15 is 0 Å². The minimum absolute atomic E-state index is 0.0180. The summed E-state index contributed by atoms with van der Waals surface area (Å²) in [5.74, 6) is 1.58. The average molecular weight is 1200 g/mol. The average Bonchev–Trinajstić information content (AvgIpc) is 3.22. The Morgan fingerprint density at radius 1 is 0.598 bits per heavy atom. The summed E-state index contributed by atoms with van der Waals surface area (Å²) >= 11 is 1.43. The number of nitrogens with one attached hydrogen (secondary N) is 5. The highest BCUT2D eigenvalue weighted by Gasteiger charge is 2.36. The molecule has 1 amide bonds. The van der Waals surface area contributed by atoms with Crippen molar-refractivity contribution >= 4 is 78.6 Å². The highest BCUT2D eigenvalue weighted by molar-refractivity contribution is 7.17. The fourth-order valence-electron chi connectivity index (χ4n) is 12.0. The number of nitrogens with zero attached hydrogens (tertiary/aromatic N) is 11. The summed E-state index contributed by atoms with van der Waals surface area (Å²) < 4.78 is 5.80. The number of anilines is 3. The van der Waals surface area contributed by atoms with Crippen LogP contribution in [0.25, 0.3) is 32.7 Å². The number of hydrogen-bond donors (Lipinski definition) is 5. The lowest BCUT2D eigenvalue weighted by molar-refractivity contribution is 0.0909. The number of amides is 1. The minimum atomic E-state index is -0.232. The van der Waals surface area contributed by atoms with Gasteiger partial charge in [-0.3, -0.25) is 34.2 Å². The van der Waals surface area contributed by atoms with Crippen molar-refractivity contribution in [3.8, 4) is 0 Å². The van der Waals surface area contributed by atoms with Crippen molar-refractivity contribution in [2.45, 2.75) is 117 Å². The first-order valence-corrected chi connectivity index (χ1v) is 31.4. The number of H-pyrrole nitrogens is 4. The van der Waals surface area contributed by atoms with Crippen molar-refractivity contribution in [1.29, 1.82) is 0 Å². The van der Waals surface area contributed by atoms with E-state index in [1.165, 1.54) is 50.4 Å². The number of oxazole rings is 1. The van der Waals surface area contributed by atoms with Crippen LogP contribution in [0.15, 0.2) is 102 Å². The van der Waals surface area contributed by atoms with Gasteiger partial charge in [-0.25, -0.2) is 4.98 Å². The Morgan fingerprint density at radius 3 is 1.59 bits per heavy atom. The van der Waals surface area contributed by atoms with Gasteiger partial charge in [0.05, 0.1) is 6.20 Å². The van der Waals surface area contributed by atoms with Gasteiger partial charge in [0, 0.05) is 146 Å². The Labute approximate surface area is 514 Å². The van der Waals surface area contributed by atoms with Crippen molar-refractivity contribution < 1.29 is 18.8 Å². The lowest BCUT2D eigenvalue weighted by Crippen LogP contribution is -2.58. The van der Waals surface area contributed by atoms with E-state index in [-0.39, 0.29) is 57.7 Å². The maximum atomic E-state index is 12.8. The number of carbonyl (C=O) groups is 3. The molecule has 87 heavy (non-hydrogen) atoms. The van der Waals surface area contributed by atoms with Crippen molar-refractivity contribution in [2.24, 2.45) is 11.8 Å². The molecule has 0 aliphatic carbocycles. The van der Waals surface area contributed by atoms with Crippen LogP contribution in [0, 0.1) is 11.8 Å². The number of likely N-dealkylation sites (N-methyl/N-ethyl adjacent to an activating group) is 3. The molecule has 3 aliphatic heterocycles. The van der Waals surface area contributed by atoms with Crippen LogP contribution in [0.5, 0.6) is 0 Å². The van der Waals surface area contributed by atoms with Crippen LogP contribution in [0.3, 0.4) is 0 Å². The van der Waals surface area contributed by atoms with Crippen LogP contribution < -0.4 is 20.0 Å². The number of para-hydroxylation sites is 3. The SMILES string of the molecule is CC(CC(=O)c1nc(N2CCN(C)C(C)(C)C2)n[nH]1)Cc1c[nH]c2ccccc12.CC(CC(=O)c1nnc(N2CCN(C)C(C)(C)C2)s1)Cc1c[nH]c2ccccc12.CC(Cc1c[nH]c2ccccc12)NC(=O)c1cnc(N2CCN(C)C(C)(C)C2)o1. The number of benzene rings is 3. The van der Waals surface area contributed by atoms with E-state index < -0.39 is 0 Å². The smallest absolute Gasteiger partial charge is 0.298 e. The Hall–Kier alpha value is -7.72. The second-order valence-electron chi connectivity index (χ2n) is 26.4. The third-order valence-electron chi connectivity index (χ3n) is 18.0. The van der Waals surface area contributed by atoms with Crippen molar-refractivity contribution in [1.82, 2.24) is 65.3 Å². The summed E-state index contributed by atoms with van der Waals surface area (Å²) in [6, 6.07) is 25.2. The zero-order valence-corrected chi connectivity index (χ0v) is 53.6. The number of hydrogen-bond acceptors (Lipinski definition) is 16. The fourth-order valence-corrected chi connectivity index (χ4v) is 12.8. The number of ketones is 2. The first-order chi connectivity index (χ1) is 41.5. The molecule has 21 heteroatoms. The normalized spacial score (nSPS) is 18.2. The number of aromatic nitrogens is 9. The Balaban J connectivity index is 0.000000144. The van der Waals surface area contributed by atoms with Gasteiger partial charge >= 0.3 is 0 Å². The van der Waals surface area contributed by atoms with Gasteiger partial charge in [-0.15, -0.1) is 15.3 Å². The predicted molar refractivity (Wildman–Crippen MR) is 349 cm³/mol. The lowest BCUT2D eigenvalue weighted by Gasteiger charge is -2.45. The van der Waals surface area contributed by atoms with Crippen molar-refractivity contribution in [3.05, 3.63) is 131 Å². The van der Waals surface area contributed by atoms with E-state index in [1.807, 2.05) is 49.6 Å². The summed E-state index contributed by atoms with van der Waals surface area (Å²) in [5.41, 5.74) is 7.25. The van der Waals surface area contributed by atoms with Gasteiger partial charge in [0.1, 0.15) is 0 Å². The number of carbonyl (C=O) groups excluding carboxylic acids is 3. The molecule has 3 fully saturated rings. The van der Waals surface area contributed by atoms with Crippen molar-refractivity contribution in [3.63, 3.8) is 0 Å². The molecule has 0 saturated carbocycles. The number of piperazine rings is 3. The molecule has 0 spiro atoms. The van der Waals surface area contributed by atoms with Gasteiger partial charge in [-0.2, -0.15) is 4.98 Å². The molecule has 9 heterocycles. The van der Waals surface area contributed by atoms with E-state index in [0.717, 1.165) is 99.8 Å². The van der Waals surface area contributed by atoms with Gasteiger partial charge in [0.25, 0.3) is 11.9 Å². The minimum Gasteiger partial charge on any atom is -0.418 e. The quantitative estimate of drug-likeness (QED) is 0.0535. The molecule has 3 aliphatic rings. The Bertz CT molecular complexity index is 3400. The lowest BCUT2D eigenvalue weighted by atomic mass is 9.95. The zero-order chi connectivity index (χ0) is 61.8. The van der Waals surface area contributed by atoms with E-state index in [2.05, 4.69) is 205 Å². The van der Waals surface area contributed by atoms with Crippen LogP contribution >= 0.6 is 11.3 Å². The Kier molecular flexibility index (Phi) is 18.9. The summed E-state index contributed by atoms with van der Waals surface area (Å²) in [7, 11) is 6.42. The molecule has 20 nitrogen and oxygen atoms in total. The summed E-state index contributed by atoms with van der Waals surface area (Å²) in [5, 5.41) is 23.8. The molecule has 6 aromatic heterocycles. The highest BCUT2D eigenvalue weighted by atomic mass is 32.1. The third-order valence-corrected chi connectivity index (χ3v) is 19.0. The van der Waals surface area contributed by atoms with Crippen LogP contribution in [0.4, 0.5) is 17.1 Å². The topological polar surface area (TPSA) is 223 Å². The number of rotatable bonds is 17. The van der Waals surface area contributed by atoms with Gasteiger partial charge in [-0.05, 0) is 136 Å². The van der Waals surface area contributed by atoms with Gasteiger partial charge < -0.3 is 39.4 Å². The molecule has 9 aromatic rings. The second kappa shape index (κ2) is 26.3. The molecular weight excluding hydrogens is 1110 g/mol. The largest absolute Gasteiger partial charge is 0.418 e. The molecular formula is C66H88N16O4S. The second-order valence-corrected chi connectivity index (χ2v) is 27.3. The molecule has 3 aromatic carbocycles. The molecule has 3 atom stereocenters. The number of fused-ring (bicyclic) bond motifs is 3. The van der Waals surface area contributed by atoms with E-state index in [1.54, 1.807) is 0 Å². The molecule has 3 saturated heterocycles. The zero-order valence-electron chi connectivity index (χ0n) is 52.8. The van der Waals surface area contributed by atoms with Crippen LogP contribution in [0.1, 0.15) is 123 Å².